The van der Waals surface area contributed by atoms with E-state index in [0.29, 0.717) is 27.8 Å². The lowest BCUT2D eigenvalue weighted by Crippen LogP contribution is -2.46. The Morgan fingerprint density at radius 1 is 0.921 bits per heavy atom. The second-order valence-corrected chi connectivity index (χ2v) is 9.43. The van der Waals surface area contributed by atoms with E-state index in [1.165, 1.54) is 12.7 Å². The van der Waals surface area contributed by atoms with Crippen molar-refractivity contribution in [2.75, 3.05) is 45.3 Å². The Kier molecular flexibility index (Phi) is 7.62. The number of aromatic nitrogens is 1. The first-order valence-electron chi connectivity index (χ1n) is 12.7. The highest BCUT2D eigenvalue weighted by Gasteiger charge is 2.22. The fraction of sp³-hybridized carbons (Fsp3) is 0.233. The van der Waals surface area contributed by atoms with Gasteiger partial charge in [-0.3, -0.25) is 15.1 Å². The molecule has 2 heterocycles. The van der Waals surface area contributed by atoms with Gasteiger partial charge in [-0.1, -0.05) is 54.6 Å². The largest absolute Gasteiger partial charge is 0.451 e. The summed E-state index contributed by atoms with van der Waals surface area (Å²) in [7, 11) is 3.43. The number of methoxy groups -OCH3 is 1. The van der Waals surface area contributed by atoms with E-state index < -0.39 is 12.0 Å². The number of rotatable bonds is 5. The fourth-order valence-electron chi connectivity index (χ4n) is 4.65. The van der Waals surface area contributed by atoms with Crippen LogP contribution in [0.2, 0.25) is 0 Å². The van der Waals surface area contributed by atoms with Gasteiger partial charge in [-0.2, -0.15) is 5.01 Å². The summed E-state index contributed by atoms with van der Waals surface area (Å²) in [6, 6.07) is 26.5. The number of hydrogen-bond acceptors (Lipinski definition) is 6. The molecule has 194 valence electrons. The maximum absolute atomic E-state index is 13.6. The van der Waals surface area contributed by atoms with Crippen molar-refractivity contribution in [1.82, 2.24) is 20.2 Å². The van der Waals surface area contributed by atoms with Gasteiger partial charge in [-0.15, -0.1) is 0 Å². The normalized spacial score (nSPS) is 14.3. The van der Waals surface area contributed by atoms with Crippen molar-refractivity contribution >= 4 is 28.6 Å². The summed E-state index contributed by atoms with van der Waals surface area (Å²) in [6.07, 6.45) is -0.695. The van der Waals surface area contributed by atoms with Crippen molar-refractivity contribution in [1.29, 1.82) is 0 Å². The highest BCUT2D eigenvalue weighted by molar-refractivity contribution is 6.09. The van der Waals surface area contributed by atoms with Crippen molar-refractivity contribution in [3.05, 3.63) is 96.1 Å². The zero-order valence-electron chi connectivity index (χ0n) is 21.6. The number of hydrazine groups is 1. The number of hydrogen-bond donors (Lipinski definition) is 1. The van der Waals surface area contributed by atoms with Crippen LogP contribution in [0.3, 0.4) is 0 Å². The van der Waals surface area contributed by atoms with Crippen LogP contribution in [-0.2, 0) is 11.3 Å². The van der Waals surface area contributed by atoms with E-state index in [9.17, 15) is 9.59 Å². The zero-order chi connectivity index (χ0) is 26.5. The van der Waals surface area contributed by atoms with E-state index >= 15 is 0 Å². The highest BCUT2D eigenvalue weighted by atomic mass is 16.5. The van der Waals surface area contributed by atoms with Gasteiger partial charge in [0.25, 0.3) is 5.91 Å². The maximum atomic E-state index is 13.6. The molecule has 38 heavy (non-hydrogen) atoms. The van der Waals surface area contributed by atoms with Gasteiger partial charge in [0.05, 0.1) is 29.6 Å². The third kappa shape index (κ3) is 5.66. The van der Waals surface area contributed by atoms with Crippen LogP contribution in [0.5, 0.6) is 0 Å². The van der Waals surface area contributed by atoms with Gasteiger partial charge in [-0.05, 0) is 42.9 Å². The average Bonchev–Trinajstić information content (AvgIpc) is 2.96. The number of amides is 2. The number of fused-ring (bicyclic) bond motifs is 1. The topological polar surface area (TPSA) is 78.0 Å². The molecule has 5 rings (SSSR count). The Morgan fingerprint density at radius 2 is 1.66 bits per heavy atom. The molecule has 1 fully saturated rings. The molecule has 1 saturated heterocycles. The molecule has 0 spiro atoms. The molecule has 8 heteroatoms. The molecule has 0 radical (unpaired) electrons. The Hall–Kier alpha value is -4.27. The quantitative estimate of drug-likeness (QED) is 0.397. The summed E-state index contributed by atoms with van der Waals surface area (Å²) in [5.74, 6) is -0.437. The molecule has 1 aromatic heterocycles. The predicted molar refractivity (Wildman–Crippen MR) is 149 cm³/mol. The van der Waals surface area contributed by atoms with Gasteiger partial charge in [0.15, 0.2) is 0 Å². The van der Waals surface area contributed by atoms with E-state index in [-0.39, 0.29) is 0 Å². The molecule has 8 nitrogen and oxygen atoms in total. The van der Waals surface area contributed by atoms with Crippen LogP contribution in [-0.4, -0.2) is 67.1 Å². The number of likely N-dealkylation sites (N-methyl/N-ethyl adjacent to an activating group) is 1. The second kappa shape index (κ2) is 11.4. The molecular formula is C30H31N5O3. The number of piperazine rings is 1. The van der Waals surface area contributed by atoms with Gasteiger partial charge >= 0.3 is 6.09 Å². The predicted octanol–water partition coefficient (Wildman–Crippen LogP) is 4.57. The van der Waals surface area contributed by atoms with Crippen molar-refractivity contribution < 1.29 is 14.3 Å². The van der Waals surface area contributed by atoms with E-state index in [1.807, 2.05) is 42.5 Å². The number of anilines is 1. The molecule has 0 bridgehead atoms. The number of nitrogens with zero attached hydrogens (tertiary/aromatic N) is 4. The van der Waals surface area contributed by atoms with Crippen LogP contribution in [0, 0.1) is 0 Å². The molecule has 1 aliphatic heterocycles. The van der Waals surface area contributed by atoms with Gasteiger partial charge in [0.2, 0.25) is 0 Å². The van der Waals surface area contributed by atoms with Gasteiger partial charge in [0.1, 0.15) is 0 Å². The van der Waals surface area contributed by atoms with Crippen molar-refractivity contribution in [3.8, 4) is 11.3 Å². The summed E-state index contributed by atoms with van der Waals surface area (Å²) in [5, 5.41) is 1.80. The lowest BCUT2D eigenvalue weighted by Gasteiger charge is -2.32. The lowest BCUT2D eigenvalue weighted by atomic mass is 10.0. The molecule has 1 N–H and O–H groups in total. The Bertz CT molecular complexity index is 1430. The van der Waals surface area contributed by atoms with Crippen molar-refractivity contribution in [3.63, 3.8) is 0 Å². The minimum atomic E-state index is -0.695. The van der Waals surface area contributed by atoms with Gasteiger partial charge in [0, 0.05) is 43.7 Å². The first kappa shape index (κ1) is 25.4. The minimum absolute atomic E-state index is 0.417. The standard InChI is InChI=1S/C30H31N5O3/c1-33-15-17-34(18-16-33)21-22-9-8-10-23(19-22)28-20-26(25-13-6-7-14-27(25)31-28)29(36)32-35(30(37)38-2)24-11-4-3-5-12-24/h3-14,19-20H,15-18,21H2,1-2H3,(H,32,36). The number of benzene rings is 3. The molecule has 1 aliphatic rings. The number of ether oxygens (including phenoxy) is 1. The van der Waals surface area contributed by atoms with E-state index in [1.54, 1.807) is 30.3 Å². The smallest absolute Gasteiger partial charge is 0.433 e. The van der Waals surface area contributed by atoms with Crippen LogP contribution in [0.1, 0.15) is 15.9 Å². The Balaban J connectivity index is 1.47. The van der Waals surface area contributed by atoms with Gasteiger partial charge < -0.3 is 9.64 Å². The second-order valence-electron chi connectivity index (χ2n) is 9.43. The van der Waals surface area contributed by atoms with Crippen LogP contribution in [0.25, 0.3) is 22.2 Å². The van der Waals surface area contributed by atoms with Crippen LogP contribution >= 0.6 is 0 Å². The molecule has 0 aliphatic carbocycles. The summed E-state index contributed by atoms with van der Waals surface area (Å²) in [5.41, 5.74) is 7.16. The SMILES string of the molecule is COC(=O)N(NC(=O)c1cc(-c2cccc(CN3CCN(C)CC3)c2)nc2ccccc12)c1ccccc1. The number of para-hydroxylation sites is 2. The van der Waals surface area contributed by atoms with E-state index in [2.05, 4.69) is 34.4 Å². The molecule has 2 amide bonds. The zero-order valence-corrected chi connectivity index (χ0v) is 21.6. The van der Waals surface area contributed by atoms with E-state index in [0.717, 1.165) is 43.3 Å². The van der Waals surface area contributed by atoms with Crippen LogP contribution in [0.15, 0.2) is 84.9 Å². The third-order valence-electron chi connectivity index (χ3n) is 6.77. The molecule has 0 saturated carbocycles. The number of carbonyl (C=O) groups excluding carboxylic acids is 2. The van der Waals surface area contributed by atoms with E-state index in [4.69, 9.17) is 9.72 Å². The number of carbonyl (C=O) groups is 2. The molecule has 0 atom stereocenters. The summed E-state index contributed by atoms with van der Waals surface area (Å²) in [4.78, 5) is 35.8. The monoisotopic (exact) mass is 509 g/mol. The van der Waals surface area contributed by atoms with Gasteiger partial charge in [-0.25, -0.2) is 9.78 Å². The Morgan fingerprint density at radius 3 is 2.42 bits per heavy atom. The van der Waals surface area contributed by atoms with Crippen LogP contribution < -0.4 is 10.4 Å². The van der Waals surface area contributed by atoms with Crippen molar-refractivity contribution in [2.45, 2.75) is 6.54 Å². The third-order valence-corrected chi connectivity index (χ3v) is 6.77. The molecule has 3 aromatic carbocycles. The summed E-state index contributed by atoms with van der Waals surface area (Å²) in [6.45, 7) is 5.08. The highest BCUT2D eigenvalue weighted by Crippen LogP contribution is 2.26. The molecular weight excluding hydrogens is 478 g/mol. The summed E-state index contributed by atoms with van der Waals surface area (Å²) < 4.78 is 4.92. The first-order chi connectivity index (χ1) is 18.5. The lowest BCUT2D eigenvalue weighted by molar-refractivity contribution is 0.0942. The minimum Gasteiger partial charge on any atom is -0.451 e. The van der Waals surface area contributed by atoms with Crippen molar-refractivity contribution in [2.24, 2.45) is 0 Å². The maximum Gasteiger partial charge on any atom is 0.433 e. The first-order valence-corrected chi connectivity index (χ1v) is 12.7. The average molecular weight is 510 g/mol. The molecule has 4 aromatic rings. The Labute approximate surface area is 222 Å². The van der Waals surface area contributed by atoms with Crippen LogP contribution in [0.4, 0.5) is 10.5 Å². The number of pyridine rings is 1. The number of nitrogens with one attached hydrogen (secondary N) is 1. The fourth-order valence-corrected chi connectivity index (χ4v) is 4.65. The summed E-state index contributed by atoms with van der Waals surface area (Å²) >= 11 is 0. The molecule has 0 unspecified atom stereocenters.